The zero-order valence-corrected chi connectivity index (χ0v) is 12.3. The van der Waals surface area contributed by atoms with Crippen molar-refractivity contribution in [3.63, 3.8) is 0 Å². The Morgan fingerprint density at radius 3 is 2.86 bits per heavy atom. The first-order chi connectivity index (χ1) is 10.1. The number of benzene rings is 1. The summed E-state index contributed by atoms with van der Waals surface area (Å²) in [5, 5.41) is 3.32. The Bertz CT molecular complexity index is 477. The molecule has 0 amide bonds. The number of ether oxygens (including phenoxy) is 1. The van der Waals surface area contributed by atoms with Gasteiger partial charge in [0.1, 0.15) is 11.6 Å². The second-order valence-electron chi connectivity index (χ2n) is 6.08. The average Bonchev–Trinajstić information content (AvgIpc) is 2.91. The van der Waals surface area contributed by atoms with E-state index < -0.39 is 11.6 Å². The lowest BCUT2D eigenvalue weighted by molar-refractivity contribution is -0.0477. The molecule has 0 saturated carbocycles. The molecular formula is C16H22F2N2O. The Hall–Kier alpha value is -1.04. The van der Waals surface area contributed by atoms with Crippen LogP contribution in [0.3, 0.4) is 0 Å². The maximum atomic E-state index is 13.2. The molecule has 2 fully saturated rings. The molecule has 21 heavy (non-hydrogen) atoms. The number of halogens is 2. The van der Waals surface area contributed by atoms with Gasteiger partial charge in [-0.3, -0.25) is 4.90 Å². The van der Waals surface area contributed by atoms with Crippen molar-refractivity contribution in [2.24, 2.45) is 0 Å². The lowest BCUT2D eigenvalue weighted by atomic mass is 10.1. The molecule has 3 atom stereocenters. The van der Waals surface area contributed by atoms with E-state index in [1.54, 1.807) is 0 Å². The van der Waals surface area contributed by atoms with E-state index in [0.717, 1.165) is 25.8 Å². The molecule has 0 spiro atoms. The van der Waals surface area contributed by atoms with Gasteiger partial charge in [-0.15, -0.1) is 0 Å². The van der Waals surface area contributed by atoms with Gasteiger partial charge in [-0.05, 0) is 44.0 Å². The zero-order chi connectivity index (χ0) is 14.8. The predicted molar refractivity (Wildman–Crippen MR) is 77.1 cm³/mol. The highest BCUT2D eigenvalue weighted by Gasteiger charge is 2.32. The molecule has 1 aromatic carbocycles. The predicted octanol–water partition coefficient (Wildman–Crippen LogP) is 2.48. The number of rotatable bonds is 4. The summed E-state index contributed by atoms with van der Waals surface area (Å²) in [6.45, 7) is 5.52. The van der Waals surface area contributed by atoms with Crippen LogP contribution in [-0.4, -0.2) is 43.3 Å². The van der Waals surface area contributed by atoms with E-state index in [-0.39, 0.29) is 12.1 Å². The molecule has 1 N–H and O–H groups in total. The van der Waals surface area contributed by atoms with Crippen LogP contribution in [0.25, 0.3) is 0 Å². The lowest BCUT2D eigenvalue weighted by Crippen LogP contribution is -2.49. The van der Waals surface area contributed by atoms with Gasteiger partial charge in [-0.1, -0.05) is 0 Å². The SMILES string of the molecule is CC(NCC1CN2CCCC2CO1)c1cc(F)cc(F)c1. The Morgan fingerprint density at radius 2 is 2.10 bits per heavy atom. The molecular weight excluding hydrogens is 274 g/mol. The average molecular weight is 296 g/mol. The van der Waals surface area contributed by atoms with Crippen molar-refractivity contribution in [3.05, 3.63) is 35.4 Å². The van der Waals surface area contributed by atoms with Crippen LogP contribution in [0.4, 0.5) is 8.78 Å². The Kier molecular flexibility index (Phi) is 4.52. The molecule has 2 heterocycles. The normalized spacial score (nSPS) is 27.6. The third kappa shape index (κ3) is 3.59. The van der Waals surface area contributed by atoms with Crippen LogP contribution in [0.15, 0.2) is 18.2 Å². The highest BCUT2D eigenvalue weighted by Crippen LogP contribution is 2.23. The van der Waals surface area contributed by atoms with Crippen LogP contribution < -0.4 is 5.32 Å². The fourth-order valence-electron chi connectivity index (χ4n) is 3.26. The van der Waals surface area contributed by atoms with Gasteiger partial charge in [0, 0.05) is 31.2 Å². The van der Waals surface area contributed by atoms with E-state index in [1.165, 1.54) is 25.0 Å². The van der Waals surface area contributed by atoms with Crippen molar-refractivity contribution in [1.82, 2.24) is 10.2 Å². The zero-order valence-electron chi connectivity index (χ0n) is 12.3. The number of nitrogens with zero attached hydrogens (tertiary/aromatic N) is 1. The fourth-order valence-corrected chi connectivity index (χ4v) is 3.26. The van der Waals surface area contributed by atoms with Gasteiger partial charge in [0.25, 0.3) is 0 Å². The van der Waals surface area contributed by atoms with E-state index >= 15 is 0 Å². The summed E-state index contributed by atoms with van der Waals surface area (Å²) in [6.07, 6.45) is 2.65. The molecule has 2 aliphatic rings. The molecule has 3 nitrogen and oxygen atoms in total. The van der Waals surface area contributed by atoms with Crippen LogP contribution in [0.1, 0.15) is 31.4 Å². The maximum absolute atomic E-state index is 13.2. The van der Waals surface area contributed by atoms with Gasteiger partial charge in [-0.2, -0.15) is 0 Å². The molecule has 1 aromatic rings. The van der Waals surface area contributed by atoms with Crippen molar-refractivity contribution >= 4 is 0 Å². The van der Waals surface area contributed by atoms with Crippen molar-refractivity contribution < 1.29 is 13.5 Å². The Balaban J connectivity index is 1.52. The first kappa shape index (κ1) is 14.9. The number of nitrogens with one attached hydrogen (secondary N) is 1. The lowest BCUT2D eigenvalue weighted by Gasteiger charge is -2.35. The van der Waals surface area contributed by atoms with Gasteiger partial charge in [0.05, 0.1) is 12.7 Å². The summed E-state index contributed by atoms with van der Waals surface area (Å²) in [4.78, 5) is 2.49. The molecule has 0 radical (unpaired) electrons. The van der Waals surface area contributed by atoms with E-state index in [0.29, 0.717) is 18.2 Å². The van der Waals surface area contributed by atoms with Crippen molar-refractivity contribution in [3.8, 4) is 0 Å². The third-order valence-corrected chi connectivity index (χ3v) is 4.50. The highest BCUT2D eigenvalue weighted by molar-refractivity contribution is 5.20. The number of hydrogen-bond acceptors (Lipinski definition) is 3. The summed E-state index contributed by atoms with van der Waals surface area (Å²) in [5.74, 6) is -1.07. The first-order valence-electron chi connectivity index (χ1n) is 7.67. The van der Waals surface area contributed by atoms with E-state index in [4.69, 9.17) is 4.74 Å². The van der Waals surface area contributed by atoms with Crippen LogP contribution >= 0.6 is 0 Å². The van der Waals surface area contributed by atoms with Gasteiger partial charge >= 0.3 is 0 Å². The van der Waals surface area contributed by atoms with Crippen molar-refractivity contribution in [2.45, 2.75) is 38.0 Å². The molecule has 2 saturated heterocycles. The minimum absolute atomic E-state index is 0.102. The molecule has 2 aliphatic heterocycles. The van der Waals surface area contributed by atoms with Gasteiger partial charge in [0.15, 0.2) is 0 Å². The van der Waals surface area contributed by atoms with Gasteiger partial charge in [0.2, 0.25) is 0 Å². The van der Waals surface area contributed by atoms with Crippen LogP contribution in [-0.2, 0) is 4.74 Å². The number of morpholine rings is 1. The largest absolute Gasteiger partial charge is 0.374 e. The van der Waals surface area contributed by atoms with E-state index in [9.17, 15) is 8.78 Å². The van der Waals surface area contributed by atoms with Crippen LogP contribution in [0, 0.1) is 11.6 Å². The highest BCUT2D eigenvalue weighted by atomic mass is 19.1. The summed E-state index contributed by atoms with van der Waals surface area (Å²) >= 11 is 0. The second-order valence-corrected chi connectivity index (χ2v) is 6.08. The standard InChI is InChI=1S/C16H22F2N2O/c1-11(12-5-13(17)7-14(18)6-12)19-8-16-9-20-4-2-3-15(20)10-21-16/h5-7,11,15-16,19H,2-4,8-10H2,1H3. The minimum Gasteiger partial charge on any atom is -0.374 e. The monoisotopic (exact) mass is 296 g/mol. The summed E-state index contributed by atoms with van der Waals surface area (Å²) in [7, 11) is 0. The van der Waals surface area contributed by atoms with E-state index in [2.05, 4.69) is 10.2 Å². The summed E-state index contributed by atoms with van der Waals surface area (Å²) in [5.41, 5.74) is 0.627. The molecule has 116 valence electrons. The topological polar surface area (TPSA) is 24.5 Å². The molecule has 5 heteroatoms. The van der Waals surface area contributed by atoms with Gasteiger partial charge in [-0.25, -0.2) is 8.78 Å². The molecule has 0 aliphatic carbocycles. The molecule has 3 unspecified atom stereocenters. The second kappa shape index (κ2) is 6.38. The Labute approximate surface area is 124 Å². The first-order valence-corrected chi connectivity index (χ1v) is 7.67. The molecule has 3 rings (SSSR count). The summed E-state index contributed by atoms with van der Waals surface area (Å²) in [6, 6.07) is 4.14. The fraction of sp³-hybridized carbons (Fsp3) is 0.625. The quantitative estimate of drug-likeness (QED) is 0.924. The third-order valence-electron chi connectivity index (χ3n) is 4.50. The van der Waals surface area contributed by atoms with E-state index in [1.807, 2.05) is 6.92 Å². The minimum atomic E-state index is -0.535. The molecule has 0 aromatic heterocycles. The van der Waals surface area contributed by atoms with Gasteiger partial charge < -0.3 is 10.1 Å². The summed E-state index contributed by atoms with van der Waals surface area (Å²) < 4.78 is 32.3. The van der Waals surface area contributed by atoms with Crippen LogP contribution in [0.2, 0.25) is 0 Å². The maximum Gasteiger partial charge on any atom is 0.126 e. The Morgan fingerprint density at radius 1 is 1.33 bits per heavy atom. The number of hydrogen-bond donors (Lipinski definition) is 1. The smallest absolute Gasteiger partial charge is 0.126 e. The van der Waals surface area contributed by atoms with Crippen LogP contribution in [0.5, 0.6) is 0 Å². The molecule has 0 bridgehead atoms. The van der Waals surface area contributed by atoms with Crippen molar-refractivity contribution in [2.75, 3.05) is 26.2 Å². The van der Waals surface area contributed by atoms with Crippen molar-refractivity contribution in [1.29, 1.82) is 0 Å². The number of fused-ring (bicyclic) bond motifs is 1.